The van der Waals surface area contributed by atoms with Crippen LogP contribution in [0.4, 0.5) is 17.6 Å². The van der Waals surface area contributed by atoms with Gasteiger partial charge in [-0.25, -0.2) is 17.6 Å². The second-order valence-corrected chi connectivity index (χ2v) is 7.32. The first-order valence-electron chi connectivity index (χ1n) is 8.18. The van der Waals surface area contributed by atoms with Gasteiger partial charge in [0.1, 0.15) is 6.61 Å². The number of benzene rings is 1. The maximum absolute atomic E-state index is 14.1. The number of rotatable bonds is 6. The molecule has 3 nitrogen and oxygen atoms in total. The number of hydrogen-bond donors (Lipinski definition) is 0. The van der Waals surface area contributed by atoms with E-state index in [1.165, 1.54) is 0 Å². The van der Waals surface area contributed by atoms with Crippen LogP contribution in [0.25, 0.3) is 0 Å². The Morgan fingerprint density at radius 2 is 1.46 bits per heavy atom. The highest BCUT2D eigenvalue weighted by Crippen LogP contribution is 2.59. The van der Waals surface area contributed by atoms with Crippen LogP contribution >= 0.6 is 0 Å². The van der Waals surface area contributed by atoms with Crippen LogP contribution < -0.4 is 0 Å². The van der Waals surface area contributed by atoms with Crippen LogP contribution in [0, 0.1) is 40.5 Å². The third kappa shape index (κ3) is 3.63. The van der Waals surface area contributed by atoms with E-state index < -0.39 is 59.5 Å². The fraction of sp³-hybridized carbons (Fsp3) is 0.526. The fourth-order valence-corrected chi connectivity index (χ4v) is 3.15. The molecule has 0 aliphatic heterocycles. The summed E-state index contributed by atoms with van der Waals surface area (Å²) in [6.07, 6.45) is 1.94. The van der Waals surface area contributed by atoms with Crippen molar-refractivity contribution in [1.82, 2.24) is 0 Å². The van der Waals surface area contributed by atoms with Crippen molar-refractivity contribution in [1.29, 1.82) is 0 Å². The molecule has 0 bridgehead atoms. The molecule has 7 heteroatoms. The molecule has 0 spiro atoms. The molecule has 0 heterocycles. The molecule has 0 amide bonds. The molecular formula is C19H22F4O3. The van der Waals surface area contributed by atoms with Gasteiger partial charge in [-0.1, -0.05) is 25.5 Å². The molecule has 1 aromatic rings. The van der Waals surface area contributed by atoms with E-state index in [1.54, 1.807) is 0 Å². The van der Waals surface area contributed by atoms with Gasteiger partial charge in [0, 0.05) is 7.11 Å². The van der Waals surface area contributed by atoms with Crippen molar-refractivity contribution in [2.45, 2.75) is 40.9 Å². The first-order chi connectivity index (χ1) is 12.0. The number of allylic oxidation sites excluding steroid dienone is 2. The average molecular weight is 374 g/mol. The lowest BCUT2D eigenvalue weighted by atomic mass is 10.1. The molecule has 0 saturated heterocycles. The van der Waals surface area contributed by atoms with Crippen molar-refractivity contribution in [3.8, 4) is 0 Å². The van der Waals surface area contributed by atoms with E-state index in [0.29, 0.717) is 0 Å². The highest BCUT2D eigenvalue weighted by molar-refractivity contribution is 5.78. The highest BCUT2D eigenvalue weighted by atomic mass is 19.2. The van der Waals surface area contributed by atoms with E-state index in [9.17, 15) is 22.4 Å². The topological polar surface area (TPSA) is 35.5 Å². The third-order valence-electron chi connectivity index (χ3n) is 4.77. The summed E-state index contributed by atoms with van der Waals surface area (Å²) < 4.78 is 65.4. The van der Waals surface area contributed by atoms with E-state index in [0.717, 1.165) is 12.7 Å². The molecule has 1 aliphatic carbocycles. The van der Waals surface area contributed by atoms with Gasteiger partial charge >= 0.3 is 5.97 Å². The molecule has 0 radical (unpaired) electrons. The highest BCUT2D eigenvalue weighted by Gasteiger charge is 2.61. The molecule has 1 aliphatic rings. The Morgan fingerprint density at radius 1 is 1.00 bits per heavy atom. The summed E-state index contributed by atoms with van der Waals surface area (Å²) in [7, 11) is 1.14. The minimum atomic E-state index is -1.58. The molecule has 1 aromatic carbocycles. The van der Waals surface area contributed by atoms with Gasteiger partial charge in [0.15, 0.2) is 23.3 Å². The predicted octanol–water partition coefficient (Wildman–Crippen LogP) is 4.67. The molecule has 0 aromatic heterocycles. The van der Waals surface area contributed by atoms with Crippen LogP contribution in [0.1, 0.15) is 38.8 Å². The van der Waals surface area contributed by atoms with Crippen molar-refractivity contribution in [3.63, 3.8) is 0 Å². The quantitative estimate of drug-likeness (QED) is 0.314. The smallest absolute Gasteiger partial charge is 0.310 e. The summed E-state index contributed by atoms with van der Waals surface area (Å²) in [6.45, 7) is 6.05. The Morgan fingerprint density at radius 3 is 1.88 bits per heavy atom. The minimum Gasteiger partial charge on any atom is -0.460 e. The monoisotopic (exact) mass is 374 g/mol. The average Bonchev–Trinajstić information content (AvgIpc) is 3.09. The van der Waals surface area contributed by atoms with Crippen LogP contribution in [0.2, 0.25) is 0 Å². The maximum atomic E-state index is 14.1. The normalized spacial score (nSPS) is 20.7. The standard InChI is InChI=1S/C19H22F4O3/c1-9(2)6-12-13(19(12,3)4)18(24)26-8-11-16(22)14(20)10(7-25-5)15(21)17(11)23/h6,12-13H,7-8H2,1-5H3. The van der Waals surface area contributed by atoms with Crippen molar-refractivity contribution in [3.05, 3.63) is 46.0 Å². The van der Waals surface area contributed by atoms with Gasteiger partial charge in [0.05, 0.1) is 23.7 Å². The summed E-state index contributed by atoms with van der Waals surface area (Å²) in [5.41, 5.74) is -1.10. The van der Waals surface area contributed by atoms with Crippen LogP contribution in [0.3, 0.4) is 0 Å². The second kappa shape index (κ2) is 7.39. The van der Waals surface area contributed by atoms with Gasteiger partial charge in [-0.3, -0.25) is 4.79 Å². The predicted molar refractivity (Wildman–Crippen MR) is 87.0 cm³/mol. The summed E-state index contributed by atoms with van der Waals surface area (Å²) in [6, 6.07) is 0. The van der Waals surface area contributed by atoms with E-state index >= 15 is 0 Å². The molecule has 1 fully saturated rings. The van der Waals surface area contributed by atoms with Crippen LogP contribution in [0.15, 0.2) is 11.6 Å². The van der Waals surface area contributed by atoms with Crippen molar-refractivity contribution in [2.24, 2.45) is 17.3 Å². The van der Waals surface area contributed by atoms with Gasteiger partial charge in [-0.15, -0.1) is 0 Å². The number of esters is 1. The zero-order chi connectivity index (χ0) is 19.8. The maximum Gasteiger partial charge on any atom is 0.310 e. The van der Waals surface area contributed by atoms with Gasteiger partial charge in [0.2, 0.25) is 0 Å². The van der Waals surface area contributed by atoms with Crippen molar-refractivity contribution >= 4 is 5.97 Å². The molecule has 0 N–H and O–H groups in total. The first kappa shape index (κ1) is 20.4. The Labute approximate surface area is 150 Å². The summed E-state index contributed by atoms with van der Waals surface area (Å²) in [5, 5.41) is 0. The SMILES string of the molecule is COCc1c(F)c(F)c(COC(=O)C2C(C=C(C)C)C2(C)C)c(F)c1F. The largest absolute Gasteiger partial charge is 0.460 e. The molecule has 144 valence electrons. The summed E-state index contributed by atoms with van der Waals surface area (Å²) in [5.74, 6) is -7.44. The molecule has 2 atom stereocenters. The number of halogens is 4. The summed E-state index contributed by atoms with van der Waals surface area (Å²) in [4.78, 5) is 12.2. The zero-order valence-corrected chi connectivity index (χ0v) is 15.4. The fourth-order valence-electron chi connectivity index (χ4n) is 3.15. The Kier molecular flexibility index (Phi) is 5.80. The van der Waals surface area contributed by atoms with E-state index in [2.05, 4.69) is 4.74 Å². The van der Waals surface area contributed by atoms with Crippen LogP contribution in [-0.4, -0.2) is 13.1 Å². The van der Waals surface area contributed by atoms with Gasteiger partial charge in [-0.05, 0) is 25.2 Å². The molecule has 26 heavy (non-hydrogen) atoms. The van der Waals surface area contributed by atoms with E-state index in [4.69, 9.17) is 4.74 Å². The Hall–Kier alpha value is -1.89. The first-order valence-corrected chi connectivity index (χ1v) is 8.18. The molecular weight excluding hydrogens is 352 g/mol. The number of carbonyl (C=O) groups excluding carboxylic acids is 1. The number of hydrogen-bond acceptors (Lipinski definition) is 3. The van der Waals surface area contributed by atoms with Crippen LogP contribution in [0.5, 0.6) is 0 Å². The van der Waals surface area contributed by atoms with Gasteiger partial charge in [-0.2, -0.15) is 0 Å². The van der Waals surface area contributed by atoms with E-state index in [-0.39, 0.29) is 11.3 Å². The van der Waals surface area contributed by atoms with Crippen LogP contribution in [-0.2, 0) is 27.5 Å². The second-order valence-electron chi connectivity index (χ2n) is 7.32. The number of carbonyl (C=O) groups is 1. The zero-order valence-electron chi connectivity index (χ0n) is 15.4. The van der Waals surface area contributed by atoms with E-state index in [1.807, 2.05) is 33.8 Å². The lowest BCUT2D eigenvalue weighted by molar-refractivity contribution is -0.147. The minimum absolute atomic E-state index is 0.0488. The molecule has 2 unspecified atom stereocenters. The lowest BCUT2D eigenvalue weighted by Gasteiger charge is -2.12. The number of methoxy groups -OCH3 is 1. The summed E-state index contributed by atoms with van der Waals surface area (Å²) >= 11 is 0. The Balaban J connectivity index is 2.18. The third-order valence-corrected chi connectivity index (χ3v) is 4.77. The van der Waals surface area contributed by atoms with Gasteiger partial charge in [0.25, 0.3) is 0 Å². The Bertz CT molecular complexity index is 723. The lowest BCUT2D eigenvalue weighted by Crippen LogP contribution is -2.15. The molecule has 1 saturated carbocycles. The van der Waals surface area contributed by atoms with Crippen molar-refractivity contribution in [2.75, 3.05) is 7.11 Å². The number of ether oxygens (including phenoxy) is 2. The van der Waals surface area contributed by atoms with Crippen molar-refractivity contribution < 1.29 is 31.8 Å². The van der Waals surface area contributed by atoms with Gasteiger partial charge < -0.3 is 9.47 Å². The molecule has 2 rings (SSSR count).